The number of nitrogens with one attached hydrogen (secondary N) is 3. The van der Waals surface area contributed by atoms with Gasteiger partial charge < -0.3 is 29.4 Å². The number of carbonyl (C=O) groups excluding carboxylic acids is 4. The van der Waals surface area contributed by atoms with Gasteiger partial charge in [-0.05, 0) is 67.6 Å². The number of hydrogen-bond donors (Lipinski definition) is 3. The highest BCUT2D eigenvalue weighted by Gasteiger charge is 2.30. The van der Waals surface area contributed by atoms with Crippen molar-refractivity contribution in [2.45, 2.75) is 89.6 Å². The van der Waals surface area contributed by atoms with Crippen LogP contribution >= 0.6 is 0 Å². The number of rotatable bonds is 13. The molecule has 20 heteroatoms. The fraction of sp³-hybridized carbons (Fsp3) is 0.375. The molecule has 320 valence electrons. The number of nitrogens with zero attached hydrogens (tertiary/aromatic N) is 3. The first-order valence-corrected chi connectivity index (χ1v) is 20.3. The van der Waals surface area contributed by atoms with Crippen LogP contribution in [-0.4, -0.2) is 64.9 Å². The van der Waals surface area contributed by atoms with Crippen molar-refractivity contribution in [3.8, 4) is 5.82 Å². The van der Waals surface area contributed by atoms with Gasteiger partial charge in [0.05, 0.1) is 16.1 Å². The van der Waals surface area contributed by atoms with Crippen molar-refractivity contribution in [1.82, 2.24) is 19.4 Å². The number of amides is 2. The van der Waals surface area contributed by atoms with Gasteiger partial charge in [0.1, 0.15) is 29.6 Å². The molecule has 2 heterocycles. The highest BCUT2D eigenvalue weighted by atomic mass is 32.2. The van der Waals surface area contributed by atoms with Gasteiger partial charge in [-0.3, -0.25) is 19.1 Å². The third-order valence-electron chi connectivity index (χ3n) is 9.23. The fourth-order valence-electron chi connectivity index (χ4n) is 5.90. The van der Waals surface area contributed by atoms with Crippen molar-refractivity contribution >= 4 is 45.3 Å². The predicted molar refractivity (Wildman–Crippen MR) is 212 cm³/mol. The van der Waals surface area contributed by atoms with E-state index in [9.17, 15) is 37.2 Å². The smallest absolute Gasteiger partial charge is 0.431 e. The summed E-state index contributed by atoms with van der Waals surface area (Å²) in [4.78, 5) is 80.4. The molecule has 1 saturated carbocycles. The minimum absolute atomic E-state index is 0.0542. The van der Waals surface area contributed by atoms with Gasteiger partial charge in [-0.15, -0.1) is 0 Å². The largest absolute Gasteiger partial charge is 0.511 e. The van der Waals surface area contributed by atoms with Crippen molar-refractivity contribution in [2.75, 3.05) is 10.0 Å². The minimum atomic E-state index is -4.50. The zero-order valence-electron chi connectivity index (χ0n) is 33.3. The van der Waals surface area contributed by atoms with E-state index in [1.54, 1.807) is 20.8 Å². The van der Waals surface area contributed by atoms with Crippen LogP contribution in [0.2, 0.25) is 0 Å². The molecule has 60 heavy (non-hydrogen) atoms. The molecule has 1 aliphatic carbocycles. The predicted octanol–water partition coefficient (Wildman–Crippen LogP) is 4.71. The SMILES string of the molecule is C[C@@H](OC(=O)OC1CCCCC1)OC(=O)[C@H](Cc1ccc(-n2c(=O)ccn(C)c2=O)nc1)NC(=O)c1cc(F)c(NS(=O)(=O)c2ccc(NC(=O)C(C)(C)C)cc2)cc1F. The zero-order valence-corrected chi connectivity index (χ0v) is 34.1. The standard InChI is InChI=1S/C40H44F2N6O11S/c1-23(58-39(54)59-26-9-7-6-8-10-26)57-36(51)32(19-24-11-16-33(43-22-24)48-34(49)17-18-47(5)38(48)53)45-35(50)28-20-30(42)31(21-29(28)41)46-60(55,56)27-14-12-25(13-15-27)44-37(52)40(2,3)4/h11-18,20-23,26,32,46H,6-10,19H2,1-5H3,(H,44,52)(H,45,50)/t23-,32+/m1/s1. The van der Waals surface area contributed by atoms with Crippen molar-refractivity contribution < 1.29 is 50.6 Å². The molecule has 0 bridgehead atoms. The quantitative estimate of drug-likeness (QED) is 0.123. The third-order valence-corrected chi connectivity index (χ3v) is 10.6. The summed E-state index contributed by atoms with van der Waals surface area (Å²) >= 11 is 0. The van der Waals surface area contributed by atoms with Crippen LogP contribution in [0, 0.1) is 17.0 Å². The Hall–Kier alpha value is -6.44. The molecule has 0 aliphatic heterocycles. The first-order valence-electron chi connectivity index (χ1n) is 18.8. The summed E-state index contributed by atoms with van der Waals surface area (Å²) in [7, 11) is -3.06. The van der Waals surface area contributed by atoms with Gasteiger partial charge in [0, 0.05) is 56.0 Å². The lowest BCUT2D eigenvalue weighted by molar-refractivity contribution is -0.171. The molecule has 2 atom stereocenters. The van der Waals surface area contributed by atoms with Crippen LogP contribution in [0.15, 0.2) is 81.5 Å². The molecule has 0 radical (unpaired) electrons. The van der Waals surface area contributed by atoms with E-state index in [4.69, 9.17) is 14.2 Å². The van der Waals surface area contributed by atoms with E-state index >= 15 is 8.78 Å². The molecule has 17 nitrogen and oxygen atoms in total. The van der Waals surface area contributed by atoms with Gasteiger partial charge in [-0.25, -0.2) is 41.1 Å². The Morgan fingerprint density at radius 2 is 1.62 bits per heavy atom. The van der Waals surface area contributed by atoms with Gasteiger partial charge in [-0.1, -0.05) is 33.3 Å². The Labute approximate surface area is 343 Å². The summed E-state index contributed by atoms with van der Waals surface area (Å²) in [6, 6.07) is 8.00. The van der Waals surface area contributed by atoms with E-state index in [1.807, 2.05) is 4.72 Å². The topological polar surface area (TPSA) is 223 Å². The number of anilines is 2. The monoisotopic (exact) mass is 854 g/mol. The molecular formula is C40H44F2N6O11S. The Bertz CT molecular complexity index is 2480. The maximum Gasteiger partial charge on any atom is 0.511 e. The van der Waals surface area contributed by atoms with Crippen molar-refractivity contribution in [3.05, 3.63) is 111 Å². The highest BCUT2D eigenvalue weighted by Crippen LogP contribution is 2.25. The van der Waals surface area contributed by atoms with Crippen LogP contribution < -0.4 is 26.6 Å². The summed E-state index contributed by atoms with van der Waals surface area (Å²) < 4.78 is 76.6. The van der Waals surface area contributed by atoms with Gasteiger partial charge in [0.25, 0.3) is 21.5 Å². The van der Waals surface area contributed by atoms with E-state index in [0.29, 0.717) is 30.7 Å². The molecule has 0 saturated heterocycles. The second kappa shape index (κ2) is 18.6. The summed E-state index contributed by atoms with van der Waals surface area (Å²) in [6.07, 6.45) is 3.19. The summed E-state index contributed by atoms with van der Waals surface area (Å²) in [5.41, 5.74) is -3.28. The lowest BCUT2D eigenvalue weighted by Crippen LogP contribution is -2.45. The number of esters is 1. The average Bonchev–Trinajstić information content (AvgIpc) is 3.18. The second-order valence-corrected chi connectivity index (χ2v) is 16.7. The number of aromatic nitrogens is 3. The number of halogens is 2. The molecule has 4 aromatic rings. The lowest BCUT2D eigenvalue weighted by atomic mass is 9.95. The van der Waals surface area contributed by atoms with E-state index in [-0.39, 0.29) is 34.7 Å². The molecule has 2 amide bonds. The summed E-state index contributed by atoms with van der Waals surface area (Å²) in [5.74, 6) is -5.58. The molecule has 2 aromatic carbocycles. The number of aryl methyl sites for hydroxylation is 1. The van der Waals surface area contributed by atoms with Gasteiger partial charge >= 0.3 is 17.8 Å². The number of hydrogen-bond acceptors (Lipinski definition) is 12. The van der Waals surface area contributed by atoms with E-state index in [1.165, 1.54) is 50.6 Å². The van der Waals surface area contributed by atoms with Crippen molar-refractivity contribution in [1.29, 1.82) is 0 Å². The number of sulfonamides is 1. The van der Waals surface area contributed by atoms with Crippen LogP contribution in [0.1, 0.15) is 75.7 Å². The third kappa shape index (κ3) is 11.4. The van der Waals surface area contributed by atoms with E-state index in [2.05, 4.69) is 15.6 Å². The minimum Gasteiger partial charge on any atom is -0.431 e. The number of benzene rings is 2. The Kier molecular flexibility index (Phi) is 13.9. The number of ether oxygens (including phenoxy) is 3. The normalized spacial score (nSPS) is 14.3. The van der Waals surface area contributed by atoms with Crippen LogP contribution in [0.25, 0.3) is 5.82 Å². The van der Waals surface area contributed by atoms with Crippen molar-refractivity contribution in [2.24, 2.45) is 12.5 Å². The highest BCUT2D eigenvalue weighted by molar-refractivity contribution is 7.92. The van der Waals surface area contributed by atoms with E-state index < -0.39 is 79.9 Å². The zero-order chi connectivity index (χ0) is 43.9. The second-order valence-electron chi connectivity index (χ2n) is 15.0. The fourth-order valence-corrected chi connectivity index (χ4v) is 6.96. The summed E-state index contributed by atoms with van der Waals surface area (Å²) in [6.45, 7) is 6.30. The maximum absolute atomic E-state index is 15.5. The Balaban J connectivity index is 1.33. The first-order chi connectivity index (χ1) is 28.2. The lowest BCUT2D eigenvalue weighted by Gasteiger charge is -2.23. The van der Waals surface area contributed by atoms with Gasteiger partial charge in [-0.2, -0.15) is 0 Å². The number of carbonyl (C=O) groups is 4. The van der Waals surface area contributed by atoms with Crippen LogP contribution in [0.3, 0.4) is 0 Å². The molecule has 1 aliphatic rings. The molecule has 2 aromatic heterocycles. The van der Waals surface area contributed by atoms with E-state index in [0.717, 1.165) is 46.6 Å². The molecule has 0 unspecified atom stereocenters. The van der Waals surface area contributed by atoms with Gasteiger partial charge in [0.2, 0.25) is 12.2 Å². The molecule has 5 rings (SSSR count). The Morgan fingerprint density at radius 3 is 2.25 bits per heavy atom. The van der Waals surface area contributed by atoms with Crippen LogP contribution in [0.5, 0.6) is 0 Å². The first kappa shape index (κ1) is 44.7. The molecule has 0 spiro atoms. The van der Waals surface area contributed by atoms with Crippen molar-refractivity contribution in [3.63, 3.8) is 0 Å². The van der Waals surface area contributed by atoms with Crippen LogP contribution in [0.4, 0.5) is 25.0 Å². The average molecular weight is 855 g/mol. The summed E-state index contributed by atoms with van der Waals surface area (Å²) in [5, 5.41) is 4.91. The number of pyridine rings is 1. The van der Waals surface area contributed by atoms with Gasteiger partial charge in [0.15, 0.2) is 0 Å². The molecule has 1 fully saturated rings. The molecular weight excluding hydrogens is 811 g/mol. The molecule has 3 N–H and O–H groups in total. The Morgan fingerprint density at radius 1 is 0.933 bits per heavy atom. The van der Waals surface area contributed by atoms with Crippen LogP contribution in [-0.2, 0) is 47.3 Å². The maximum atomic E-state index is 15.5.